The van der Waals surface area contributed by atoms with Gasteiger partial charge in [-0.05, 0) is 36.4 Å². The van der Waals surface area contributed by atoms with Crippen molar-refractivity contribution in [1.29, 1.82) is 0 Å². The molecule has 114 valence electrons. The van der Waals surface area contributed by atoms with Gasteiger partial charge in [0.1, 0.15) is 11.5 Å². The van der Waals surface area contributed by atoms with E-state index < -0.39 is 0 Å². The van der Waals surface area contributed by atoms with Crippen molar-refractivity contribution in [3.63, 3.8) is 0 Å². The molecule has 0 aliphatic rings. The Kier molecular flexibility index (Phi) is 5.96. The summed E-state index contributed by atoms with van der Waals surface area (Å²) in [6, 6.07) is 8.72. The maximum absolute atomic E-state index is 5.89. The number of hydrogen-bond acceptors (Lipinski definition) is 4. The second kappa shape index (κ2) is 7.96. The minimum atomic E-state index is 0.470. The molecule has 2 heterocycles. The van der Waals surface area contributed by atoms with Crippen LogP contribution in [0.4, 0.5) is 0 Å². The van der Waals surface area contributed by atoms with Gasteiger partial charge in [-0.15, -0.1) is 0 Å². The van der Waals surface area contributed by atoms with E-state index in [-0.39, 0.29) is 0 Å². The summed E-state index contributed by atoms with van der Waals surface area (Å²) < 4.78 is 5.89. The summed E-state index contributed by atoms with van der Waals surface area (Å²) in [7, 11) is 0. The maximum atomic E-state index is 5.89. The molecule has 0 fully saturated rings. The van der Waals surface area contributed by atoms with Crippen molar-refractivity contribution in [2.45, 2.75) is 46.4 Å². The molecule has 2 aromatic rings. The van der Waals surface area contributed by atoms with E-state index in [4.69, 9.17) is 4.42 Å². The Morgan fingerprint density at radius 3 is 2.48 bits per heavy atom. The molecule has 1 N–H and O–H groups in total. The van der Waals surface area contributed by atoms with Crippen LogP contribution in [0, 0.1) is 0 Å². The Morgan fingerprint density at radius 2 is 1.81 bits per heavy atom. The largest absolute Gasteiger partial charge is 0.463 e. The van der Waals surface area contributed by atoms with Crippen LogP contribution in [0.25, 0.3) is 0 Å². The molecule has 0 radical (unpaired) electrons. The lowest BCUT2D eigenvalue weighted by Gasteiger charge is -2.19. The van der Waals surface area contributed by atoms with Crippen molar-refractivity contribution in [2.75, 3.05) is 6.54 Å². The third kappa shape index (κ3) is 5.33. The first kappa shape index (κ1) is 15.7. The lowest BCUT2D eigenvalue weighted by atomic mass is 10.2. The highest BCUT2D eigenvalue weighted by Crippen LogP contribution is 2.13. The average molecular weight is 287 g/mol. The summed E-state index contributed by atoms with van der Waals surface area (Å²) >= 11 is 0. The highest BCUT2D eigenvalue weighted by Gasteiger charge is 2.09. The summed E-state index contributed by atoms with van der Waals surface area (Å²) in [5, 5.41) is 3.37. The molecule has 21 heavy (non-hydrogen) atoms. The topological polar surface area (TPSA) is 41.3 Å². The van der Waals surface area contributed by atoms with E-state index in [1.54, 1.807) is 0 Å². The van der Waals surface area contributed by atoms with E-state index in [1.807, 2.05) is 12.4 Å². The molecular formula is C17H25N3O. The van der Waals surface area contributed by atoms with Gasteiger partial charge in [0.05, 0.1) is 13.1 Å². The zero-order valence-electron chi connectivity index (χ0n) is 13.2. The monoisotopic (exact) mass is 287 g/mol. The van der Waals surface area contributed by atoms with Gasteiger partial charge in [0.15, 0.2) is 0 Å². The van der Waals surface area contributed by atoms with E-state index in [0.717, 1.165) is 37.7 Å². The van der Waals surface area contributed by atoms with Crippen molar-refractivity contribution in [3.8, 4) is 0 Å². The van der Waals surface area contributed by atoms with Crippen molar-refractivity contribution >= 4 is 0 Å². The maximum Gasteiger partial charge on any atom is 0.118 e. The molecule has 0 aliphatic carbocycles. The van der Waals surface area contributed by atoms with E-state index in [2.05, 4.69) is 60.2 Å². The fraction of sp³-hybridized carbons (Fsp3) is 0.471. The molecule has 0 saturated heterocycles. The van der Waals surface area contributed by atoms with Gasteiger partial charge in [-0.1, -0.05) is 20.8 Å². The van der Waals surface area contributed by atoms with E-state index >= 15 is 0 Å². The van der Waals surface area contributed by atoms with Gasteiger partial charge in [-0.3, -0.25) is 9.88 Å². The van der Waals surface area contributed by atoms with E-state index in [1.165, 1.54) is 5.56 Å². The fourth-order valence-corrected chi connectivity index (χ4v) is 2.15. The Morgan fingerprint density at radius 1 is 1.10 bits per heavy atom. The van der Waals surface area contributed by atoms with Gasteiger partial charge in [0.25, 0.3) is 0 Å². The predicted molar refractivity (Wildman–Crippen MR) is 84.7 cm³/mol. The second-order valence-corrected chi connectivity index (χ2v) is 5.56. The molecule has 0 aromatic carbocycles. The summed E-state index contributed by atoms with van der Waals surface area (Å²) in [6.45, 7) is 9.97. The summed E-state index contributed by atoms with van der Waals surface area (Å²) in [5.41, 5.74) is 1.28. The number of pyridine rings is 1. The quantitative estimate of drug-likeness (QED) is 0.809. The standard InChI is InChI=1S/C17H25N3O/c1-4-20(12-15-7-9-18-10-8-15)13-17-6-5-16(21-17)11-19-14(2)3/h5-10,14,19H,4,11-13H2,1-3H3. The molecule has 4 heteroatoms. The minimum absolute atomic E-state index is 0.470. The number of rotatable bonds is 8. The highest BCUT2D eigenvalue weighted by atomic mass is 16.3. The van der Waals surface area contributed by atoms with E-state index in [0.29, 0.717) is 6.04 Å². The van der Waals surface area contributed by atoms with Crippen LogP contribution in [-0.2, 0) is 19.6 Å². The number of nitrogens with one attached hydrogen (secondary N) is 1. The zero-order valence-corrected chi connectivity index (χ0v) is 13.2. The Bertz CT molecular complexity index is 522. The van der Waals surface area contributed by atoms with Crippen LogP contribution in [-0.4, -0.2) is 22.5 Å². The molecule has 0 saturated carbocycles. The van der Waals surface area contributed by atoms with Crippen LogP contribution in [0.2, 0.25) is 0 Å². The predicted octanol–water partition coefficient (Wildman–Crippen LogP) is 3.19. The fourth-order valence-electron chi connectivity index (χ4n) is 2.15. The van der Waals surface area contributed by atoms with Gasteiger partial charge in [-0.2, -0.15) is 0 Å². The first-order valence-electron chi connectivity index (χ1n) is 7.59. The van der Waals surface area contributed by atoms with Crippen molar-refractivity contribution in [1.82, 2.24) is 15.2 Å². The van der Waals surface area contributed by atoms with Gasteiger partial charge in [0, 0.05) is 25.0 Å². The molecule has 0 amide bonds. The summed E-state index contributed by atoms with van der Waals surface area (Å²) in [6.07, 6.45) is 3.68. The number of aromatic nitrogens is 1. The molecule has 0 atom stereocenters. The average Bonchev–Trinajstić information content (AvgIpc) is 2.93. The van der Waals surface area contributed by atoms with Gasteiger partial charge in [0.2, 0.25) is 0 Å². The molecule has 4 nitrogen and oxygen atoms in total. The van der Waals surface area contributed by atoms with Crippen molar-refractivity contribution in [3.05, 3.63) is 53.7 Å². The SMILES string of the molecule is CCN(Cc1ccncc1)Cc1ccc(CNC(C)C)o1. The second-order valence-electron chi connectivity index (χ2n) is 5.56. The number of nitrogens with zero attached hydrogens (tertiary/aromatic N) is 2. The molecule has 0 spiro atoms. The molecule has 2 aromatic heterocycles. The Labute approximate surface area is 127 Å². The Balaban J connectivity index is 1.89. The molecule has 0 unspecified atom stereocenters. The van der Waals surface area contributed by atoms with Crippen molar-refractivity contribution in [2.24, 2.45) is 0 Å². The number of furan rings is 1. The number of hydrogen-bond donors (Lipinski definition) is 1. The Hall–Kier alpha value is -1.65. The van der Waals surface area contributed by atoms with Crippen LogP contribution in [0.15, 0.2) is 41.1 Å². The van der Waals surface area contributed by atoms with Crippen LogP contribution >= 0.6 is 0 Å². The molecule has 0 bridgehead atoms. The lowest BCUT2D eigenvalue weighted by Crippen LogP contribution is -2.22. The van der Waals surface area contributed by atoms with Gasteiger partial charge < -0.3 is 9.73 Å². The summed E-state index contributed by atoms with van der Waals surface area (Å²) in [5.74, 6) is 2.02. The third-order valence-electron chi connectivity index (χ3n) is 3.38. The summed E-state index contributed by atoms with van der Waals surface area (Å²) in [4.78, 5) is 6.41. The zero-order chi connectivity index (χ0) is 15.1. The van der Waals surface area contributed by atoms with Crippen LogP contribution in [0.1, 0.15) is 37.9 Å². The van der Waals surface area contributed by atoms with Gasteiger partial charge in [-0.25, -0.2) is 0 Å². The van der Waals surface area contributed by atoms with Crippen LogP contribution in [0.3, 0.4) is 0 Å². The van der Waals surface area contributed by atoms with E-state index in [9.17, 15) is 0 Å². The normalized spacial score (nSPS) is 11.5. The van der Waals surface area contributed by atoms with Crippen LogP contribution < -0.4 is 5.32 Å². The van der Waals surface area contributed by atoms with Gasteiger partial charge >= 0.3 is 0 Å². The molecule has 0 aliphatic heterocycles. The lowest BCUT2D eigenvalue weighted by molar-refractivity contribution is 0.244. The first-order chi connectivity index (χ1) is 10.2. The highest BCUT2D eigenvalue weighted by molar-refractivity contribution is 5.11. The third-order valence-corrected chi connectivity index (χ3v) is 3.38. The molecule has 2 rings (SSSR count). The van der Waals surface area contributed by atoms with Crippen molar-refractivity contribution < 1.29 is 4.42 Å². The first-order valence-corrected chi connectivity index (χ1v) is 7.59. The molecular weight excluding hydrogens is 262 g/mol. The smallest absolute Gasteiger partial charge is 0.118 e. The minimum Gasteiger partial charge on any atom is -0.463 e. The van der Waals surface area contributed by atoms with Crippen LogP contribution in [0.5, 0.6) is 0 Å².